The van der Waals surface area contributed by atoms with E-state index in [4.69, 9.17) is 11.6 Å². The molecule has 0 bridgehead atoms. The number of anilines is 1. The van der Waals surface area contributed by atoms with Gasteiger partial charge in [-0.2, -0.15) is 0 Å². The second-order valence-corrected chi connectivity index (χ2v) is 6.18. The average Bonchev–Trinajstić information content (AvgIpc) is 2.70. The van der Waals surface area contributed by atoms with Crippen LogP contribution in [0.3, 0.4) is 0 Å². The molecule has 1 aromatic carbocycles. The molecule has 0 aliphatic carbocycles. The van der Waals surface area contributed by atoms with E-state index in [2.05, 4.69) is 36.2 Å². The van der Waals surface area contributed by atoms with Crippen LogP contribution in [-0.4, -0.2) is 19.6 Å². The minimum Gasteiger partial charge on any atom is -0.371 e. The van der Waals surface area contributed by atoms with E-state index in [0.29, 0.717) is 0 Å². The lowest BCUT2D eigenvalue weighted by atomic mass is 9.98. The second-order valence-electron chi connectivity index (χ2n) is 5.75. The first-order valence-corrected chi connectivity index (χ1v) is 8.36. The van der Waals surface area contributed by atoms with Crippen molar-refractivity contribution < 1.29 is 0 Å². The molecule has 1 atom stereocenters. The fraction of sp³-hybridized carbons (Fsp3) is 0.647. The van der Waals surface area contributed by atoms with E-state index in [0.717, 1.165) is 24.0 Å². The van der Waals surface area contributed by atoms with Crippen LogP contribution in [0, 0.1) is 5.92 Å². The summed E-state index contributed by atoms with van der Waals surface area (Å²) in [7, 11) is 0. The monoisotopic (exact) mass is 294 g/mol. The Morgan fingerprint density at radius 2 is 2.10 bits per heavy atom. The van der Waals surface area contributed by atoms with Gasteiger partial charge in [-0.3, -0.25) is 0 Å². The molecule has 2 rings (SSSR count). The van der Waals surface area contributed by atoms with Crippen molar-refractivity contribution in [2.24, 2.45) is 5.92 Å². The zero-order valence-corrected chi connectivity index (χ0v) is 13.5. The van der Waals surface area contributed by atoms with Gasteiger partial charge in [0.2, 0.25) is 0 Å². The van der Waals surface area contributed by atoms with E-state index in [9.17, 15) is 0 Å². The minimum absolute atomic E-state index is 0.836. The molecule has 1 heterocycles. The lowest BCUT2D eigenvalue weighted by Gasteiger charge is -2.26. The normalized spacial score (nSPS) is 19.9. The minimum atomic E-state index is 0.836. The predicted molar refractivity (Wildman–Crippen MR) is 88.7 cm³/mol. The number of benzene rings is 1. The van der Waals surface area contributed by atoms with Crippen LogP contribution in [0.4, 0.5) is 5.69 Å². The number of hydrogen-bond donors (Lipinski definition) is 1. The zero-order valence-electron chi connectivity index (χ0n) is 12.8. The van der Waals surface area contributed by atoms with Crippen LogP contribution in [0.1, 0.15) is 45.1 Å². The van der Waals surface area contributed by atoms with E-state index >= 15 is 0 Å². The highest BCUT2D eigenvalue weighted by atomic mass is 35.5. The third-order valence-corrected chi connectivity index (χ3v) is 4.61. The summed E-state index contributed by atoms with van der Waals surface area (Å²) in [6, 6.07) is 6.33. The Hall–Kier alpha value is -0.730. The van der Waals surface area contributed by atoms with Gasteiger partial charge in [-0.1, -0.05) is 31.9 Å². The molecule has 0 amide bonds. The Balaban J connectivity index is 2.13. The van der Waals surface area contributed by atoms with Crippen LogP contribution in [-0.2, 0) is 6.54 Å². The molecule has 0 radical (unpaired) electrons. The number of nitrogens with zero attached hydrogens (tertiary/aromatic N) is 1. The molecule has 1 aromatic rings. The Morgan fingerprint density at radius 1 is 1.25 bits per heavy atom. The van der Waals surface area contributed by atoms with Gasteiger partial charge < -0.3 is 10.2 Å². The van der Waals surface area contributed by atoms with Crippen LogP contribution in [0.25, 0.3) is 0 Å². The Bertz CT molecular complexity index is 419. The maximum absolute atomic E-state index is 6.17. The van der Waals surface area contributed by atoms with E-state index in [1.165, 1.54) is 50.0 Å². The van der Waals surface area contributed by atoms with Gasteiger partial charge in [0.25, 0.3) is 0 Å². The fourth-order valence-electron chi connectivity index (χ4n) is 3.08. The van der Waals surface area contributed by atoms with Crippen molar-refractivity contribution in [1.29, 1.82) is 0 Å². The van der Waals surface area contributed by atoms with Crippen LogP contribution >= 0.6 is 11.6 Å². The number of rotatable bonds is 5. The molecular weight excluding hydrogens is 268 g/mol. The van der Waals surface area contributed by atoms with Crippen LogP contribution in [0.15, 0.2) is 18.2 Å². The molecule has 1 aliphatic heterocycles. The van der Waals surface area contributed by atoms with Crippen LogP contribution in [0.5, 0.6) is 0 Å². The van der Waals surface area contributed by atoms with E-state index in [1.54, 1.807) is 0 Å². The lowest BCUT2D eigenvalue weighted by Crippen LogP contribution is -2.26. The Morgan fingerprint density at radius 3 is 2.85 bits per heavy atom. The Kier molecular flexibility index (Phi) is 6.18. The molecule has 0 spiro atoms. The molecule has 1 unspecified atom stereocenters. The van der Waals surface area contributed by atoms with Gasteiger partial charge in [-0.25, -0.2) is 0 Å². The third kappa shape index (κ3) is 4.13. The first kappa shape index (κ1) is 15.7. The van der Waals surface area contributed by atoms with E-state index < -0.39 is 0 Å². The predicted octanol–water partition coefficient (Wildman–Crippen LogP) is 4.47. The summed E-state index contributed by atoms with van der Waals surface area (Å²) in [5.74, 6) is 0.907. The Labute approximate surface area is 128 Å². The lowest BCUT2D eigenvalue weighted by molar-refractivity contribution is 0.459. The highest BCUT2D eigenvalue weighted by molar-refractivity contribution is 6.30. The molecular formula is C17H27ClN2. The van der Waals surface area contributed by atoms with Crippen molar-refractivity contribution in [3.05, 3.63) is 28.8 Å². The van der Waals surface area contributed by atoms with Crippen LogP contribution in [0.2, 0.25) is 5.02 Å². The van der Waals surface area contributed by atoms with Crippen molar-refractivity contribution in [2.75, 3.05) is 24.5 Å². The van der Waals surface area contributed by atoms with Gasteiger partial charge in [0, 0.05) is 30.3 Å². The number of hydrogen-bond acceptors (Lipinski definition) is 2. The summed E-state index contributed by atoms with van der Waals surface area (Å²) < 4.78 is 0. The summed E-state index contributed by atoms with van der Waals surface area (Å²) in [5, 5.41) is 4.26. The average molecular weight is 295 g/mol. The van der Waals surface area contributed by atoms with Gasteiger partial charge in [0.05, 0.1) is 0 Å². The molecule has 0 aromatic heterocycles. The van der Waals surface area contributed by atoms with E-state index in [-0.39, 0.29) is 0 Å². The standard InChI is InChI=1S/C17H27ClN2/c1-3-14-6-5-10-20(11-9-14)17-8-7-16(18)12-15(17)13-19-4-2/h7-8,12,14,19H,3-6,9-11,13H2,1-2H3. The van der Waals surface area contributed by atoms with Crippen LogP contribution < -0.4 is 10.2 Å². The summed E-state index contributed by atoms with van der Waals surface area (Å²) >= 11 is 6.17. The highest BCUT2D eigenvalue weighted by Gasteiger charge is 2.18. The molecule has 112 valence electrons. The topological polar surface area (TPSA) is 15.3 Å². The summed E-state index contributed by atoms with van der Waals surface area (Å²) in [6.45, 7) is 8.71. The van der Waals surface area contributed by atoms with Crippen molar-refractivity contribution in [3.8, 4) is 0 Å². The van der Waals surface area contributed by atoms with Gasteiger partial charge in [-0.05, 0) is 55.5 Å². The van der Waals surface area contributed by atoms with Gasteiger partial charge in [-0.15, -0.1) is 0 Å². The van der Waals surface area contributed by atoms with Gasteiger partial charge in [0.1, 0.15) is 0 Å². The molecule has 1 fully saturated rings. The molecule has 20 heavy (non-hydrogen) atoms. The fourth-order valence-corrected chi connectivity index (χ4v) is 3.27. The molecule has 1 saturated heterocycles. The summed E-state index contributed by atoms with van der Waals surface area (Å²) in [6.07, 6.45) is 5.32. The molecule has 3 heteroatoms. The maximum Gasteiger partial charge on any atom is 0.0412 e. The van der Waals surface area contributed by atoms with Crippen molar-refractivity contribution >= 4 is 17.3 Å². The first-order valence-electron chi connectivity index (χ1n) is 7.98. The third-order valence-electron chi connectivity index (χ3n) is 4.37. The maximum atomic E-state index is 6.17. The second kappa shape index (κ2) is 7.90. The smallest absolute Gasteiger partial charge is 0.0412 e. The van der Waals surface area contributed by atoms with Gasteiger partial charge in [0.15, 0.2) is 0 Å². The highest BCUT2D eigenvalue weighted by Crippen LogP contribution is 2.28. The molecule has 2 nitrogen and oxygen atoms in total. The number of halogens is 1. The summed E-state index contributed by atoms with van der Waals surface area (Å²) in [5.41, 5.74) is 2.70. The first-order chi connectivity index (χ1) is 9.74. The van der Waals surface area contributed by atoms with Gasteiger partial charge >= 0.3 is 0 Å². The van der Waals surface area contributed by atoms with Crippen molar-refractivity contribution in [3.63, 3.8) is 0 Å². The molecule has 1 aliphatic rings. The zero-order chi connectivity index (χ0) is 14.4. The molecule has 0 saturated carbocycles. The summed E-state index contributed by atoms with van der Waals surface area (Å²) in [4.78, 5) is 2.55. The van der Waals surface area contributed by atoms with E-state index in [1.807, 2.05) is 6.07 Å². The largest absolute Gasteiger partial charge is 0.371 e. The number of nitrogens with one attached hydrogen (secondary N) is 1. The molecule has 1 N–H and O–H groups in total. The van der Waals surface area contributed by atoms with Crippen molar-refractivity contribution in [2.45, 2.75) is 46.1 Å². The quantitative estimate of drug-likeness (QED) is 0.862. The SMILES string of the molecule is CCNCc1cc(Cl)ccc1N1CCCC(CC)CC1. The van der Waals surface area contributed by atoms with Crippen molar-refractivity contribution in [1.82, 2.24) is 5.32 Å².